The van der Waals surface area contributed by atoms with Gasteiger partial charge in [-0.25, -0.2) is 4.39 Å². The highest BCUT2D eigenvalue weighted by atomic mass is 19.1. The second-order valence-electron chi connectivity index (χ2n) is 5.28. The lowest BCUT2D eigenvalue weighted by Gasteiger charge is -2.24. The molecule has 0 heterocycles. The molecule has 1 heteroatoms. The normalized spacial score (nSPS) is 41.0. The van der Waals surface area contributed by atoms with Crippen molar-refractivity contribution >= 4 is 0 Å². The van der Waals surface area contributed by atoms with Gasteiger partial charge in [0.1, 0.15) is 5.67 Å². The monoisotopic (exact) mass is 172 g/mol. The second kappa shape index (κ2) is 2.71. The molecule has 0 spiro atoms. The van der Waals surface area contributed by atoms with Gasteiger partial charge in [-0.3, -0.25) is 0 Å². The van der Waals surface area contributed by atoms with E-state index in [0.717, 1.165) is 12.8 Å². The molecule has 0 aromatic rings. The molecule has 72 valence electrons. The molecule has 2 unspecified atom stereocenters. The standard InChI is InChI=1S/C11H21F/c1-8(2)6-11(9(3)4)7-10(11,5)12/h8-9H,6-7H2,1-5H3. The lowest BCUT2D eigenvalue weighted by Crippen LogP contribution is -2.21. The van der Waals surface area contributed by atoms with E-state index in [2.05, 4.69) is 27.7 Å². The van der Waals surface area contributed by atoms with Crippen molar-refractivity contribution in [3.63, 3.8) is 0 Å². The zero-order chi connectivity index (χ0) is 9.57. The highest BCUT2D eigenvalue weighted by Crippen LogP contribution is 2.66. The van der Waals surface area contributed by atoms with Crippen molar-refractivity contribution in [1.82, 2.24) is 0 Å². The Morgan fingerprint density at radius 3 is 1.75 bits per heavy atom. The van der Waals surface area contributed by atoms with E-state index >= 15 is 0 Å². The first-order valence-corrected chi connectivity index (χ1v) is 5.01. The van der Waals surface area contributed by atoms with Crippen LogP contribution in [0.25, 0.3) is 0 Å². The van der Waals surface area contributed by atoms with Crippen LogP contribution in [0.15, 0.2) is 0 Å². The molecular formula is C11H21F. The van der Waals surface area contributed by atoms with Gasteiger partial charge in [0.2, 0.25) is 0 Å². The van der Waals surface area contributed by atoms with Crippen molar-refractivity contribution in [1.29, 1.82) is 0 Å². The maximum atomic E-state index is 13.7. The first kappa shape index (κ1) is 10.0. The van der Waals surface area contributed by atoms with Crippen LogP contribution in [0.1, 0.15) is 47.5 Å². The van der Waals surface area contributed by atoms with Gasteiger partial charge in [-0.2, -0.15) is 0 Å². The summed E-state index contributed by atoms with van der Waals surface area (Å²) in [5, 5.41) is 0. The van der Waals surface area contributed by atoms with Crippen molar-refractivity contribution < 1.29 is 4.39 Å². The summed E-state index contributed by atoms with van der Waals surface area (Å²) in [6, 6.07) is 0. The predicted molar refractivity (Wildman–Crippen MR) is 50.9 cm³/mol. The summed E-state index contributed by atoms with van der Waals surface area (Å²) in [5.74, 6) is 1.10. The minimum atomic E-state index is -0.883. The Labute approximate surface area is 75.5 Å². The molecule has 2 atom stereocenters. The molecule has 1 fully saturated rings. The molecule has 0 aliphatic heterocycles. The average molecular weight is 172 g/mol. The van der Waals surface area contributed by atoms with Crippen molar-refractivity contribution in [2.45, 2.75) is 53.1 Å². The first-order chi connectivity index (χ1) is 5.32. The Morgan fingerprint density at radius 2 is 1.67 bits per heavy atom. The van der Waals surface area contributed by atoms with E-state index in [1.807, 2.05) is 0 Å². The minimum Gasteiger partial charge on any atom is -0.244 e. The third-order valence-electron chi connectivity index (χ3n) is 3.44. The Kier molecular flexibility index (Phi) is 2.26. The number of rotatable bonds is 3. The molecule has 0 saturated heterocycles. The van der Waals surface area contributed by atoms with E-state index in [0.29, 0.717) is 11.8 Å². The van der Waals surface area contributed by atoms with E-state index in [1.54, 1.807) is 6.92 Å². The van der Waals surface area contributed by atoms with E-state index in [9.17, 15) is 4.39 Å². The molecule has 0 nitrogen and oxygen atoms in total. The third-order valence-corrected chi connectivity index (χ3v) is 3.44. The van der Waals surface area contributed by atoms with E-state index < -0.39 is 5.67 Å². The fraction of sp³-hybridized carbons (Fsp3) is 1.00. The Bertz CT molecular complexity index is 170. The molecule has 1 rings (SSSR count). The Morgan fingerprint density at radius 1 is 1.25 bits per heavy atom. The van der Waals surface area contributed by atoms with Gasteiger partial charge in [-0.05, 0) is 31.6 Å². The summed E-state index contributed by atoms with van der Waals surface area (Å²) in [5.41, 5.74) is -0.882. The summed E-state index contributed by atoms with van der Waals surface area (Å²) < 4.78 is 13.7. The van der Waals surface area contributed by atoms with Gasteiger partial charge in [-0.1, -0.05) is 27.7 Å². The highest BCUT2D eigenvalue weighted by Gasteiger charge is 2.66. The molecule has 1 aliphatic rings. The number of hydrogen-bond donors (Lipinski definition) is 0. The fourth-order valence-corrected chi connectivity index (χ4v) is 2.60. The van der Waals surface area contributed by atoms with Gasteiger partial charge >= 0.3 is 0 Å². The molecule has 12 heavy (non-hydrogen) atoms. The van der Waals surface area contributed by atoms with Crippen LogP contribution in [0.3, 0.4) is 0 Å². The van der Waals surface area contributed by atoms with E-state index in [1.165, 1.54) is 0 Å². The summed E-state index contributed by atoms with van der Waals surface area (Å²) >= 11 is 0. The van der Waals surface area contributed by atoms with Crippen LogP contribution in [0.4, 0.5) is 4.39 Å². The summed E-state index contributed by atoms with van der Waals surface area (Å²) in [7, 11) is 0. The maximum absolute atomic E-state index is 13.7. The number of hydrogen-bond acceptors (Lipinski definition) is 0. The lowest BCUT2D eigenvalue weighted by molar-refractivity contribution is 0.170. The molecule has 0 aromatic carbocycles. The first-order valence-electron chi connectivity index (χ1n) is 5.01. The van der Waals surface area contributed by atoms with Crippen LogP contribution in [0.2, 0.25) is 0 Å². The van der Waals surface area contributed by atoms with Gasteiger partial charge in [0.15, 0.2) is 0 Å². The highest BCUT2D eigenvalue weighted by molar-refractivity contribution is 5.15. The van der Waals surface area contributed by atoms with Gasteiger partial charge in [0.25, 0.3) is 0 Å². The average Bonchev–Trinajstić information content (AvgIpc) is 2.33. The Balaban J connectivity index is 2.66. The second-order valence-corrected chi connectivity index (χ2v) is 5.28. The van der Waals surface area contributed by atoms with E-state index in [-0.39, 0.29) is 5.41 Å². The summed E-state index contributed by atoms with van der Waals surface area (Å²) in [6.45, 7) is 10.4. The molecule has 0 amide bonds. The van der Waals surface area contributed by atoms with Crippen molar-refractivity contribution in [2.24, 2.45) is 17.3 Å². The van der Waals surface area contributed by atoms with Gasteiger partial charge in [-0.15, -0.1) is 0 Å². The van der Waals surface area contributed by atoms with E-state index in [4.69, 9.17) is 0 Å². The zero-order valence-electron chi connectivity index (χ0n) is 8.95. The molecule has 0 bridgehead atoms. The molecule has 0 aromatic heterocycles. The van der Waals surface area contributed by atoms with Gasteiger partial charge < -0.3 is 0 Å². The van der Waals surface area contributed by atoms with Crippen LogP contribution in [0, 0.1) is 17.3 Å². The number of alkyl halides is 1. The summed E-state index contributed by atoms with van der Waals surface area (Å²) in [6.07, 6.45) is 1.81. The van der Waals surface area contributed by atoms with Gasteiger partial charge in [0.05, 0.1) is 0 Å². The zero-order valence-corrected chi connectivity index (χ0v) is 8.95. The Hall–Kier alpha value is -0.0700. The van der Waals surface area contributed by atoms with Crippen molar-refractivity contribution in [3.8, 4) is 0 Å². The fourth-order valence-electron chi connectivity index (χ4n) is 2.60. The predicted octanol–water partition coefficient (Wildman–Crippen LogP) is 3.81. The maximum Gasteiger partial charge on any atom is 0.114 e. The molecule has 1 aliphatic carbocycles. The SMILES string of the molecule is CC(C)CC1(C(C)C)CC1(C)F. The largest absolute Gasteiger partial charge is 0.244 e. The van der Waals surface area contributed by atoms with Crippen LogP contribution in [-0.4, -0.2) is 5.67 Å². The van der Waals surface area contributed by atoms with Crippen LogP contribution >= 0.6 is 0 Å². The lowest BCUT2D eigenvalue weighted by atomic mass is 9.82. The van der Waals surface area contributed by atoms with Crippen molar-refractivity contribution in [2.75, 3.05) is 0 Å². The molecular weight excluding hydrogens is 151 g/mol. The molecule has 0 radical (unpaired) electrons. The quantitative estimate of drug-likeness (QED) is 0.607. The smallest absolute Gasteiger partial charge is 0.114 e. The van der Waals surface area contributed by atoms with Crippen LogP contribution in [-0.2, 0) is 0 Å². The topological polar surface area (TPSA) is 0 Å². The van der Waals surface area contributed by atoms with Crippen molar-refractivity contribution in [3.05, 3.63) is 0 Å². The molecule has 1 saturated carbocycles. The van der Waals surface area contributed by atoms with Crippen LogP contribution < -0.4 is 0 Å². The minimum absolute atomic E-state index is 0.00116. The molecule has 0 N–H and O–H groups in total. The number of halogens is 1. The third kappa shape index (κ3) is 1.38. The summed E-state index contributed by atoms with van der Waals surface area (Å²) in [4.78, 5) is 0. The van der Waals surface area contributed by atoms with Gasteiger partial charge in [0, 0.05) is 5.41 Å². The van der Waals surface area contributed by atoms with Crippen LogP contribution in [0.5, 0.6) is 0 Å².